The molecule has 0 amide bonds. The first-order chi connectivity index (χ1) is 11.0. The second kappa shape index (κ2) is 6.64. The van der Waals surface area contributed by atoms with Gasteiger partial charge in [-0.05, 0) is 58.4 Å². The second-order valence-electron chi connectivity index (χ2n) is 4.83. The lowest BCUT2D eigenvalue weighted by Gasteiger charge is -2.05. The summed E-state index contributed by atoms with van der Waals surface area (Å²) in [4.78, 5) is 16.1. The molecule has 1 aromatic carbocycles. The number of benzene rings is 1. The van der Waals surface area contributed by atoms with E-state index in [-0.39, 0.29) is 11.3 Å². The first kappa shape index (κ1) is 15.9. The van der Waals surface area contributed by atoms with Crippen LogP contribution in [-0.2, 0) is 0 Å². The molecule has 1 unspecified atom stereocenters. The Kier molecular flexibility index (Phi) is 4.59. The highest BCUT2D eigenvalue weighted by Crippen LogP contribution is 2.28. The summed E-state index contributed by atoms with van der Waals surface area (Å²) in [6.07, 6.45) is 1.01. The number of Topliss-reactive ketones (excluding diaryl/α,β-unsaturated/α-hetero) is 1. The van der Waals surface area contributed by atoms with Crippen LogP contribution in [0.1, 0.15) is 22.3 Å². The first-order valence-electron chi connectivity index (χ1n) is 6.69. The van der Waals surface area contributed by atoms with Gasteiger partial charge < -0.3 is 4.42 Å². The predicted octanol–water partition coefficient (Wildman–Crippen LogP) is 5.65. The van der Waals surface area contributed by atoms with Gasteiger partial charge in [0.05, 0.1) is 0 Å². The summed E-state index contributed by atoms with van der Waals surface area (Å²) in [7, 11) is 0. The molecule has 0 aliphatic heterocycles. The Balaban J connectivity index is 1.84. The Morgan fingerprint density at radius 3 is 2.61 bits per heavy atom. The van der Waals surface area contributed by atoms with Gasteiger partial charge in [-0.25, -0.2) is 4.39 Å². The van der Waals surface area contributed by atoms with Gasteiger partial charge in [-0.15, -0.1) is 0 Å². The van der Waals surface area contributed by atoms with E-state index >= 15 is 0 Å². The molecule has 0 saturated heterocycles. The Morgan fingerprint density at radius 2 is 1.91 bits per heavy atom. The maximum atomic E-state index is 14.4. The van der Waals surface area contributed by atoms with Gasteiger partial charge in [0.25, 0.3) is 0 Å². The molecule has 0 saturated carbocycles. The highest BCUT2D eigenvalue weighted by molar-refractivity contribution is 9.10. The molecule has 2 heterocycles. The van der Waals surface area contributed by atoms with Crippen molar-refractivity contribution in [1.82, 2.24) is 4.98 Å². The molecular formula is C17H10BrClFNO2. The summed E-state index contributed by atoms with van der Waals surface area (Å²) in [5.74, 6) is -0.308. The monoisotopic (exact) mass is 393 g/mol. The summed E-state index contributed by atoms with van der Waals surface area (Å²) in [6, 6.07) is 11.6. The van der Waals surface area contributed by atoms with E-state index in [2.05, 4.69) is 20.9 Å². The fraction of sp³-hybridized carbons (Fsp3) is 0.0588. The van der Waals surface area contributed by atoms with E-state index < -0.39 is 12.0 Å². The van der Waals surface area contributed by atoms with Crippen LogP contribution in [-0.4, -0.2) is 10.8 Å². The van der Waals surface area contributed by atoms with Crippen molar-refractivity contribution in [3.8, 4) is 11.3 Å². The van der Waals surface area contributed by atoms with Crippen LogP contribution in [0.4, 0.5) is 4.39 Å². The van der Waals surface area contributed by atoms with Crippen LogP contribution in [0.5, 0.6) is 0 Å². The number of ketones is 1. The number of rotatable bonds is 4. The normalized spacial score (nSPS) is 12.1. The molecule has 2 aromatic heterocycles. The van der Waals surface area contributed by atoms with Crippen molar-refractivity contribution in [3.05, 3.63) is 75.7 Å². The third kappa shape index (κ3) is 3.51. The van der Waals surface area contributed by atoms with Gasteiger partial charge in [0.1, 0.15) is 5.76 Å². The number of carbonyl (C=O) groups excluding carboxylic acids is 1. The molecule has 0 aliphatic rings. The summed E-state index contributed by atoms with van der Waals surface area (Å²) in [6.45, 7) is 0. The fourth-order valence-electron chi connectivity index (χ4n) is 2.08. The number of hydrogen-bond donors (Lipinski definition) is 0. The Morgan fingerprint density at radius 1 is 1.17 bits per heavy atom. The van der Waals surface area contributed by atoms with Gasteiger partial charge in [0.2, 0.25) is 5.78 Å². The average Bonchev–Trinajstić information content (AvgIpc) is 3.04. The van der Waals surface area contributed by atoms with Crippen LogP contribution in [0.25, 0.3) is 11.3 Å². The van der Waals surface area contributed by atoms with Crippen LogP contribution in [0, 0.1) is 0 Å². The fourth-order valence-corrected chi connectivity index (χ4v) is 2.59. The van der Waals surface area contributed by atoms with Gasteiger partial charge in [-0.2, -0.15) is 0 Å². The van der Waals surface area contributed by atoms with E-state index in [9.17, 15) is 9.18 Å². The minimum atomic E-state index is -1.83. The van der Waals surface area contributed by atoms with E-state index in [4.69, 9.17) is 16.0 Å². The number of halogens is 3. The van der Waals surface area contributed by atoms with E-state index in [1.165, 1.54) is 24.5 Å². The standard InChI is InChI=1S/C17H10BrClFNO2/c18-12-7-11(8-21-9-12)16(20)17(22)15-6-5-14(23-15)10-1-3-13(19)4-2-10/h1-9,16H. The number of aromatic nitrogens is 1. The predicted molar refractivity (Wildman–Crippen MR) is 89.3 cm³/mol. The topological polar surface area (TPSA) is 43.1 Å². The van der Waals surface area contributed by atoms with Crippen molar-refractivity contribution < 1.29 is 13.6 Å². The molecule has 0 N–H and O–H groups in total. The van der Waals surface area contributed by atoms with Crippen LogP contribution in [0.2, 0.25) is 5.02 Å². The number of pyridine rings is 1. The lowest BCUT2D eigenvalue weighted by molar-refractivity contribution is 0.0849. The summed E-state index contributed by atoms with van der Waals surface area (Å²) < 4.78 is 20.5. The highest BCUT2D eigenvalue weighted by atomic mass is 79.9. The Bertz CT molecular complexity index is 848. The van der Waals surface area contributed by atoms with Crippen LogP contribution >= 0.6 is 27.5 Å². The average molecular weight is 395 g/mol. The first-order valence-corrected chi connectivity index (χ1v) is 7.86. The van der Waals surface area contributed by atoms with E-state index in [1.807, 2.05) is 0 Å². The van der Waals surface area contributed by atoms with Crippen molar-refractivity contribution in [3.63, 3.8) is 0 Å². The maximum absolute atomic E-state index is 14.4. The number of carbonyl (C=O) groups is 1. The molecule has 0 radical (unpaired) electrons. The number of hydrogen-bond acceptors (Lipinski definition) is 3. The third-order valence-corrected chi connectivity index (χ3v) is 3.91. The highest BCUT2D eigenvalue weighted by Gasteiger charge is 2.25. The third-order valence-electron chi connectivity index (χ3n) is 3.23. The molecular weight excluding hydrogens is 385 g/mol. The molecule has 3 nitrogen and oxygen atoms in total. The zero-order chi connectivity index (χ0) is 16.4. The molecule has 23 heavy (non-hydrogen) atoms. The van der Waals surface area contributed by atoms with Crippen molar-refractivity contribution in [2.75, 3.05) is 0 Å². The zero-order valence-electron chi connectivity index (χ0n) is 11.7. The lowest BCUT2D eigenvalue weighted by Crippen LogP contribution is -2.07. The summed E-state index contributed by atoms with van der Waals surface area (Å²) in [5.41, 5.74) is 0.932. The Labute approximate surface area is 145 Å². The summed E-state index contributed by atoms with van der Waals surface area (Å²) >= 11 is 9.03. The van der Waals surface area contributed by atoms with Crippen LogP contribution in [0.3, 0.4) is 0 Å². The van der Waals surface area contributed by atoms with E-state index in [0.717, 1.165) is 5.56 Å². The minimum absolute atomic E-state index is 0.0394. The number of furan rings is 1. The second-order valence-corrected chi connectivity index (χ2v) is 6.19. The number of alkyl halides is 1. The lowest BCUT2D eigenvalue weighted by atomic mass is 10.1. The van der Waals surface area contributed by atoms with E-state index in [0.29, 0.717) is 15.3 Å². The van der Waals surface area contributed by atoms with Gasteiger partial charge >= 0.3 is 0 Å². The molecule has 0 fully saturated rings. The largest absolute Gasteiger partial charge is 0.453 e. The SMILES string of the molecule is O=C(c1ccc(-c2ccc(Cl)cc2)o1)C(F)c1cncc(Br)c1. The van der Waals surface area contributed by atoms with Gasteiger partial charge in [0.15, 0.2) is 11.9 Å². The van der Waals surface area contributed by atoms with Crippen molar-refractivity contribution in [2.24, 2.45) is 0 Å². The molecule has 3 aromatic rings. The van der Waals surface area contributed by atoms with Crippen molar-refractivity contribution >= 4 is 33.3 Å². The molecule has 1 atom stereocenters. The van der Waals surface area contributed by atoms with Crippen molar-refractivity contribution in [1.29, 1.82) is 0 Å². The van der Waals surface area contributed by atoms with Crippen molar-refractivity contribution in [2.45, 2.75) is 6.17 Å². The van der Waals surface area contributed by atoms with Gasteiger partial charge in [0, 0.05) is 33.0 Å². The Hall–Kier alpha value is -1.98. The molecule has 0 aliphatic carbocycles. The smallest absolute Gasteiger partial charge is 0.236 e. The maximum Gasteiger partial charge on any atom is 0.236 e. The molecule has 116 valence electrons. The van der Waals surface area contributed by atoms with E-state index in [1.54, 1.807) is 30.3 Å². The quantitative estimate of drug-likeness (QED) is 0.537. The molecule has 3 rings (SSSR count). The van der Waals surface area contributed by atoms with Gasteiger partial charge in [-0.3, -0.25) is 9.78 Å². The van der Waals surface area contributed by atoms with Crippen LogP contribution < -0.4 is 0 Å². The summed E-state index contributed by atoms with van der Waals surface area (Å²) in [5, 5.41) is 0.600. The molecule has 0 bridgehead atoms. The number of nitrogens with zero attached hydrogens (tertiary/aromatic N) is 1. The van der Waals surface area contributed by atoms with Crippen LogP contribution in [0.15, 0.2) is 63.7 Å². The minimum Gasteiger partial charge on any atom is -0.453 e. The zero-order valence-corrected chi connectivity index (χ0v) is 14.0. The molecule has 6 heteroatoms. The molecule has 0 spiro atoms. The van der Waals surface area contributed by atoms with Gasteiger partial charge in [-0.1, -0.05) is 11.6 Å².